The molecule has 6 heteroatoms. The summed E-state index contributed by atoms with van der Waals surface area (Å²) in [5, 5.41) is 2.46. The fourth-order valence-electron chi connectivity index (χ4n) is 1.72. The summed E-state index contributed by atoms with van der Waals surface area (Å²) in [6, 6.07) is 6.42. The fourth-order valence-corrected chi connectivity index (χ4v) is 1.72. The number of hydrogen-bond acceptors (Lipinski definition) is 4. The van der Waals surface area contributed by atoms with Crippen LogP contribution in [0.2, 0.25) is 0 Å². The van der Waals surface area contributed by atoms with E-state index in [0.29, 0.717) is 12.4 Å². The highest BCUT2D eigenvalue weighted by Crippen LogP contribution is 2.13. The Kier molecular flexibility index (Phi) is 6.95. The third-order valence-electron chi connectivity index (χ3n) is 2.97. The van der Waals surface area contributed by atoms with Gasteiger partial charge in [-0.15, -0.1) is 0 Å². The summed E-state index contributed by atoms with van der Waals surface area (Å²) in [7, 11) is 0. The van der Waals surface area contributed by atoms with E-state index in [1.807, 2.05) is 19.1 Å². The van der Waals surface area contributed by atoms with Crippen LogP contribution in [0.25, 0.3) is 0 Å². The van der Waals surface area contributed by atoms with Gasteiger partial charge in [-0.1, -0.05) is 12.1 Å². The highest BCUT2D eigenvalue weighted by atomic mass is 16.6. The van der Waals surface area contributed by atoms with Gasteiger partial charge in [-0.3, -0.25) is 4.79 Å². The molecule has 3 N–H and O–H groups in total. The Morgan fingerprint density at radius 3 is 2.45 bits per heavy atom. The van der Waals surface area contributed by atoms with Gasteiger partial charge in [0, 0.05) is 6.42 Å². The van der Waals surface area contributed by atoms with Crippen LogP contribution in [0.4, 0.5) is 4.79 Å². The summed E-state index contributed by atoms with van der Waals surface area (Å²) in [6.07, 6.45) is 1.22. The number of carbonyl (C=O) groups is 2. The Hall–Kier alpha value is -2.50. The quantitative estimate of drug-likeness (QED) is 0.755. The van der Waals surface area contributed by atoms with Crippen LogP contribution >= 0.6 is 0 Å². The van der Waals surface area contributed by atoms with E-state index in [-0.39, 0.29) is 6.42 Å². The number of nitrogens with one attached hydrogen (secondary N) is 1. The molecule has 1 rings (SSSR count). The largest absolute Gasteiger partial charge is 0.494 e. The van der Waals surface area contributed by atoms with Crippen molar-refractivity contribution in [2.45, 2.75) is 33.2 Å². The van der Waals surface area contributed by atoms with Gasteiger partial charge in [-0.2, -0.15) is 0 Å². The molecule has 0 fully saturated rings. The number of hydrogen-bond donors (Lipinski definition) is 2. The first kappa shape index (κ1) is 17.6. The van der Waals surface area contributed by atoms with E-state index in [2.05, 4.69) is 5.32 Å². The van der Waals surface area contributed by atoms with Crippen LogP contribution in [-0.4, -0.2) is 24.6 Å². The number of amides is 2. The molecular weight excluding hydrogens is 284 g/mol. The second-order valence-corrected chi connectivity index (χ2v) is 4.67. The maximum atomic E-state index is 11.7. The van der Waals surface area contributed by atoms with Crippen molar-refractivity contribution in [2.24, 2.45) is 5.73 Å². The molecule has 0 spiro atoms. The zero-order valence-electron chi connectivity index (χ0n) is 13.1. The maximum absolute atomic E-state index is 11.7. The van der Waals surface area contributed by atoms with Crippen molar-refractivity contribution < 1.29 is 19.1 Å². The highest BCUT2D eigenvalue weighted by Gasteiger charge is 2.19. The van der Waals surface area contributed by atoms with Gasteiger partial charge < -0.3 is 20.5 Å². The van der Waals surface area contributed by atoms with E-state index in [9.17, 15) is 9.59 Å². The smallest absolute Gasteiger partial charge is 0.412 e. The Balaban J connectivity index is 2.67. The number of benzene rings is 1. The Labute approximate surface area is 130 Å². The van der Waals surface area contributed by atoms with Crippen molar-refractivity contribution >= 4 is 12.0 Å². The standard InChI is InChI=1S/C16H22N2O4/c1-4-11(3)22-16(20)18-14(15(17)19)10-12-6-8-13(9-7-12)21-5-2/h4,6-9,14H,5,10H2,1-3H3,(H2,17,19)(H,18,20)/b11-4-/t14-/m0/s1. The Bertz CT molecular complexity index is 538. The summed E-state index contributed by atoms with van der Waals surface area (Å²) in [4.78, 5) is 23.1. The number of ether oxygens (including phenoxy) is 2. The van der Waals surface area contributed by atoms with Gasteiger partial charge in [0.15, 0.2) is 0 Å². The average molecular weight is 306 g/mol. The van der Waals surface area contributed by atoms with E-state index in [4.69, 9.17) is 15.2 Å². The molecule has 0 aliphatic rings. The van der Waals surface area contributed by atoms with Crippen LogP contribution in [0.15, 0.2) is 36.1 Å². The molecule has 120 valence electrons. The zero-order valence-corrected chi connectivity index (χ0v) is 13.1. The number of primary amides is 1. The van der Waals surface area contributed by atoms with Crippen LogP contribution in [0, 0.1) is 0 Å². The number of rotatable bonds is 7. The molecule has 0 saturated heterocycles. The minimum Gasteiger partial charge on any atom is -0.494 e. The minimum atomic E-state index is -0.838. The topological polar surface area (TPSA) is 90.7 Å². The third-order valence-corrected chi connectivity index (χ3v) is 2.97. The molecule has 0 saturated carbocycles. The SMILES string of the molecule is C/C=C(/C)OC(=O)N[C@@H](Cc1ccc(OCC)cc1)C(N)=O. The molecule has 0 radical (unpaired) electrons. The monoisotopic (exact) mass is 306 g/mol. The Morgan fingerprint density at radius 1 is 1.32 bits per heavy atom. The van der Waals surface area contributed by atoms with Gasteiger partial charge in [0.25, 0.3) is 0 Å². The minimum absolute atomic E-state index is 0.283. The first-order chi connectivity index (χ1) is 10.5. The van der Waals surface area contributed by atoms with Crippen LogP contribution < -0.4 is 15.8 Å². The molecule has 0 bridgehead atoms. The van der Waals surface area contributed by atoms with Gasteiger partial charge >= 0.3 is 6.09 Å². The van der Waals surface area contributed by atoms with Gasteiger partial charge in [0.2, 0.25) is 5.91 Å². The normalized spacial score (nSPS) is 12.4. The first-order valence-electron chi connectivity index (χ1n) is 7.08. The van der Waals surface area contributed by atoms with Gasteiger partial charge in [-0.05, 0) is 44.5 Å². The van der Waals surface area contributed by atoms with Crippen LogP contribution in [0.1, 0.15) is 26.3 Å². The summed E-state index contributed by atoms with van der Waals surface area (Å²) in [5.74, 6) is 0.573. The first-order valence-corrected chi connectivity index (χ1v) is 7.08. The number of carbonyl (C=O) groups excluding carboxylic acids is 2. The molecular formula is C16H22N2O4. The number of nitrogens with two attached hydrogens (primary N) is 1. The lowest BCUT2D eigenvalue weighted by Crippen LogP contribution is -2.45. The summed E-state index contributed by atoms with van der Waals surface area (Å²) in [5.41, 5.74) is 6.18. The average Bonchev–Trinajstić information content (AvgIpc) is 2.48. The summed E-state index contributed by atoms with van der Waals surface area (Å²) >= 11 is 0. The molecule has 0 aliphatic carbocycles. The third kappa shape index (κ3) is 5.87. The van der Waals surface area contributed by atoms with Crippen molar-refractivity contribution in [3.05, 3.63) is 41.7 Å². The van der Waals surface area contributed by atoms with Crippen molar-refractivity contribution in [3.63, 3.8) is 0 Å². The van der Waals surface area contributed by atoms with E-state index < -0.39 is 18.0 Å². The van der Waals surface area contributed by atoms with E-state index >= 15 is 0 Å². The molecule has 1 aromatic carbocycles. The fraction of sp³-hybridized carbons (Fsp3) is 0.375. The summed E-state index contributed by atoms with van der Waals surface area (Å²) < 4.78 is 10.3. The molecule has 1 aromatic rings. The lowest BCUT2D eigenvalue weighted by atomic mass is 10.1. The van der Waals surface area contributed by atoms with Crippen molar-refractivity contribution in [3.8, 4) is 5.75 Å². The molecule has 0 heterocycles. The maximum Gasteiger partial charge on any atom is 0.412 e. The van der Waals surface area contributed by atoms with E-state index in [0.717, 1.165) is 11.3 Å². The number of allylic oxidation sites excluding steroid dienone is 2. The van der Waals surface area contributed by atoms with Gasteiger partial charge in [-0.25, -0.2) is 4.79 Å². The van der Waals surface area contributed by atoms with E-state index in [1.165, 1.54) is 0 Å². The molecule has 6 nitrogen and oxygen atoms in total. The second kappa shape index (κ2) is 8.71. The second-order valence-electron chi connectivity index (χ2n) is 4.67. The Morgan fingerprint density at radius 2 is 1.95 bits per heavy atom. The predicted molar refractivity (Wildman–Crippen MR) is 83.3 cm³/mol. The molecule has 1 atom stereocenters. The molecule has 0 aromatic heterocycles. The zero-order chi connectivity index (χ0) is 16.5. The highest BCUT2D eigenvalue weighted by molar-refractivity contribution is 5.84. The van der Waals surface area contributed by atoms with Crippen molar-refractivity contribution in [1.29, 1.82) is 0 Å². The van der Waals surface area contributed by atoms with Gasteiger partial charge in [0.1, 0.15) is 17.6 Å². The molecule has 2 amide bonds. The lowest BCUT2D eigenvalue weighted by Gasteiger charge is -2.15. The van der Waals surface area contributed by atoms with Crippen LogP contribution in [-0.2, 0) is 16.0 Å². The molecule has 0 aliphatic heterocycles. The van der Waals surface area contributed by atoms with E-state index in [1.54, 1.807) is 32.1 Å². The summed E-state index contributed by atoms with van der Waals surface area (Å²) in [6.45, 7) is 5.87. The lowest BCUT2D eigenvalue weighted by molar-refractivity contribution is -0.119. The predicted octanol–water partition coefficient (Wildman–Crippen LogP) is 2.13. The van der Waals surface area contributed by atoms with Crippen molar-refractivity contribution in [1.82, 2.24) is 5.32 Å². The molecule has 22 heavy (non-hydrogen) atoms. The van der Waals surface area contributed by atoms with Crippen LogP contribution in [0.5, 0.6) is 5.75 Å². The molecule has 0 unspecified atom stereocenters. The van der Waals surface area contributed by atoms with Gasteiger partial charge in [0.05, 0.1) is 6.61 Å². The number of alkyl carbamates (subject to hydrolysis) is 1. The van der Waals surface area contributed by atoms with Crippen molar-refractivity contribution in [2.75, 3.05) is 6.61 Å². The van der Waals surface area contributed by atoms with Crippen LogP contribution in [0.3, 0.4) is 0 Å².